The van der Waals surface area contributed by atoms with Crippen molar-refractivity contribution >= 4 is 27.0 Å². The lowest BCUT2D eigenvalue weighted by Crippen LogP contribution is -2.40. The molecule has 0 N–H and O–H groups in total. The number of benzene rings is 2. The molecule has 4 rings (SSSR count). The molecule has 0 bridgehead atoms. The minimum absolute atomic E-state index is 0.0137. The van der Waals surface area contributed by atoms with E-state index in [0.717, 1.165) is 16.6 Å². The average Bonchev–Trinajstić information content (AvgIpc) is 3.28. The number of hydrogen-bond donors (Lipinski definition) is 0. The Kier molecular flexibility index (Phi) is 6.28. The molecule has 0 unspecified atom stereocenters. The molecule has 11 heteroatoms. The summed E-state index contributed by atoms with van der Waals surface area (Å²) in [6.45, 7) is 1.03. The number of morpholine rings is 1. The number of ether oxygens (including phenoxy) is 2. The highest BCUT2D eigenvalue weighted by Crippen LogP contribution is 2.32. The molecule has 2 aromatic carbocycles. The molecule has 0 saturated carbocycles. The van der Waals surface area contributed by atoms with Crippen LogP contribution in [0.1, 0.15) is 5.69 Å². The molecule has 0 aliphatic carbocycles. The van der Waals surface area contributed by atoms with Gasteiger partial charge in [0.2, 0.25) is 10.0 Å². The van der Waals surface area contributed by atoms with E-state index in [9.17, 15) is 18.5 Å². The second-order valence-corrected chi connectivity index (χ2v) is 9.50. The van der Waals surface area contributed by atoms with Crippen molar-refractivity contribution in [2.75, 3.05) is 26.3 Å². The number of hydrogen-bond acceptors (Lipinski definition) is 8. The van der Waals surface area contributed by atoms with E-state index < -0.39 is 20.6 Å². The maximum Gasteiger partial charge on any atom is 0.312 e. The minimum Gasteiger partial charge on any atom is -0.480 e. The van der Waals surface area contributed by atoms with Gasteiger partial charge >= 0.3 is 5.69 Å². The molecule has 0 spiro atoms. The van der Waals surface area contributed by atoms with Gasteiger partial charge in [-0.3, -0.25) is 10.1 Å². The van der Waals surface area contributed by atoms with Crippen LogP contribution in [0, 0.1) is 10.1 Å². The fourth-order valence-electron chi connectivity index (χ4n) is 3.10. The lowest BCUT2D eigenvalue weighted by molar-refractivity contribution is -0.386. The molecule has 31 heavy (non-hydrogen) atoms. The van der Waals surface area contributed by atoms with Gasteiger partial charge < -0.3 is 9.47 Å². The molecule has 0 radical (unpaired) electrons. The first-order valence-corrected chi connectivity index (χ1v) is 11.8. The Balaban J connectivity index is 1.52. The van der Waals surface area contributed by atoms with Crippen LogP contribution < -0.4 is 4.74 Å². The van der Waals surface area contributed by atoms with E-state index in [2.05, 4.69) is 4.98 Å². The van der Waals surface area contributed by atoms with Gasteiger partial charge in [0.15, 0.2) is 5.75 Å². The van der Waals surface area contributed by atoms with Crippen molar-refractivity contribution in [3.8, 4) is 16.3 Å². The van der Waals surface area contributed by atoms with Gasteiger partial charge in [0.25, 0.3) is 0 Å². The molecular formula is C20H19N3O6S2. The summed E-state index contributed by atoms with van der Waals surface area (Å²) >= 11 is 1.45. The van der Waals surface area contributed by atoms with Gasteiger partial charge in [0.05, 0.1) is 28.7 Å². The summed E-state index contributed by atoms with van der Waals surface area (Å²) in [6, 6.07) is 13.3. The number of rotatable bonds is 7. The summed E-state index contributed by atoms with van der Waals surface area (Å²) in [5, 5.41) is 14.2. The van der Waals surface area contributed by atoms with Crippen molar-refractivity contribution in [2.45, 2.75) is 11.5 Å². The molecule has 1 fully saturated rings. The SMILES string of the molecule is O=[N+]([O-])c1cc(S(=O)(=O)N2CCOCC2)ccc1OCc1csc(-c2ccccc2)n1. The topological polar surface area (TPSA) is 112 Å². The van der Waals surface area contributed by atoms with Crippen LogP contribution in [0.4, 0.5) is 5.69 Å². The van der Waals surface area contributed by atoms with Crippen LogP contribution in [0.3, 0.4) is 0 Å². The number of nitrogens with zero attached hydrogens (tertiary/aromatic N) is 3. The molecule has 0 amide bonds. The van der Waals surface area contributed by atoms with Crippen molar-refractivity contribution in [3.05, 3.63) is 69.7 Å². The Bertz CT molecular complexity index is 1170. The third kappa shape index (κ3) is 4.74. The first-order chi connectivity index (χ1) is 14.9. The van der Waals surface area contributed by atoms with Crippen LogP contribution in [0.5, 0.6) is 5.75 Å². The Hall–Kier alpha value is -2.86. The molecule has 0 atom stereocenters. The monoisotopic (exact) mass is 461 g/mol. The van der Waals surface area contributed by atoms with Crippen molar-refractivity contribution in [1.82, 2.24) is 9.29 Å². The van der Waals surface area contributed by atoms with Crippen molar-refractivity contribution in [1.29, 1.82) is 0 Å². The fourth-order valence-corrected chi connectivity index (χ4v) is 5.34. The van der Waals surface area contributed by atoms with Gasteiger partial charge in [-0.05, 0) is 12.1 Å². The summed E-state index contributed by atoms with van der Waals surface area (Å²) in [5.74, 6) is -0.0137. The Morgan fingerprint density at radius 3 is 2.61 bits per heavy atom. The van der Waals surface area contributed by atoms with E-state index in [-0.39, 0.29) is 30.3 Å². The van der Waals surface area contributed by atoms with Crippen molar-refractivity contribution < 1.29 is 22.8 Å². The van der Waals surface area contributed by atoms with Crippen molar-refractivity contribution in [2.24, 2.45) is 0 Å². The lowest BCUT2D eigenvalue weighted by atomic mass is 10.2. The molecule has 162 valence electrons. The second-order valence-electron chi connectivity index (χ2n) is 6.70. The number of sulfonamides is 1. The maximum absolute atomic E-state index is 12.8. The predicted octanol–water partition coefficient (Wildman–Crippen LogP) is 3.32. The van der Waals surface area contributed by atoms with Crippen molar-refractivity contribution in [3.63, 3.8) is 0 Å². The van der Waals surface area contributed by atoms with E-state index in [1.54, 1.807) is 0 Å². The van der Waals surface area contributed by atoms with Crippen LogP contribution in [0.25, 0.3) is 10.6 Å². The zero-order valence-corrected chi connectivity index (χ0v) is 18.0. The maximum atomic E-state index is 12.8. The summed E-state index contributed by atoms with van der Waals surface area (Å²) < 4.78 is 37.6. The zero-order chi connectivity index (χ0) is 21.8. The Labute approximate surface area is 183 Å². The highest BCUT2D eigenvalue weighted by atomic mass is 32.2. The molecule has 9 nitrogen and oxygen atoms in total. The van der Waals surface area contributed by atoms with Gasteiger partial charge in [-0.25, -0.2) is 13.4 Å². The van der Waals surface area contributed by atoms with E-state index in [0.29, 0.717) is 18.9 Å². The highest BCUT2D eigenvalue weighted by molar-refractivity contribution is 7.89. The minimum atomic E-state index is -3.85. The standard InChI is InChI=1S/C20H19N3O6S2/c24-23(25)18-12-17(31(26,27)22-8-10-28-11-9-22)6-7-19(18)29-13-16-14-30-20(21-16)15-4-2-1-3-5-15/h1-7,12,14H,8-11,13H2. The number of nitro benzene ring substituents is 1. The van der Waals surface area contributed by atoms with Crippen LogP contribution in [-0.2, 0) is 21.4 Å². The Morgan fingerprint density at radius 1 is 1.16 bits per heavy atom. The van der Waals surface area contributed by atoms with Gasteiger partial charge in [-0.15, -0.1) is 11.3 Å². The number of thiazole rings is 1. The van der Waals surface area contributed by atoms with Crippen LogP contribution in [0.2, 0.25) is 0 Å². The lowest BCUT2D eigenvalue weighted by Gasteiger charge is -2.26. The summed E-state index contributed by atoms with van der Waals surface area (Å²) in [5.41, 5.74) is 1.19. The third-order valence-electron chi connectivity index (χ3n) is 4.68. The van der Waals surface area contributed by atoms with E-state index in [4.69, 9.17) is 9.47 Å². The van der Waals surface area contributed by atoms with Gasteiger partial charge in [-0.1, -0.05) is 30.3 Å². The molecule has 1 aliphatic rings. The fraction of sp³-hybridized carbons (Fsp3) is 0.250. The van der Waals surface area contributed by atoms with Crippen LogP contribution >= 0.6 is 11.3 Å². The van der Waals surface area contributed by atoms with E-state index in [1.807, 2.05) is 35.7 Å². The quantitative estimate of drug-likeness (QED) is 0.392. The van der Waals surface area contributed by atoms with Crippen LogP contribution in [-0.4, -0.2) is 48.9 Å². The normalized spacial score (nSPS) is 15.0. The summed E-state index contributed by atoms with van der Waals surface area (Å²) in [6.07, 6.45) is 0. The number of nitro groups is 1. The third-order valence-corrected chi connectivity index (χ3v) is 7.52. The largest absolute Gasteiger partial charge is 0.480 e. The van der Waals surface area contributed by atoms with Crippen LogP contribution in [0.15, 0.2) is 58.8 Å². The smallest absolute Gasteiger partial charge is 0.312 e. The van der Waals surface area contributed by atoms with E-state index in [1.165, 1.54) is 27.8 Å². The molecule has 1 aromatic heterocycles. The van der Waals surface area contributed by atoms with Gasteiger partial charge in [-0.2, -0.15) is 4.31 Å². The summed E-state index contributed by atoms with van der Waals surface area (Å²) in [7, 11) is -3.85. The second kappa shape index (κ2) is 9.10. The molecule has 1 saturated heterocycles. The molecule has 1 aliphatic heterocycles. The average molecular weight is 462 g/mol. The molecular weight excluding hydrogens is 442 g/mol. The van der Waals surface area contributed by atoms with Gasteiger partial charge in [0, 0.05) is 30.1 Å². The first-order valence-electron chi connectivity index (χ1n) is 9.44. The number of aromatic nitrogens is 1. The first kappa shape index (κ1) is 21.4. The Morgan fingerprint density at radius 2 is 1.90 bits per heavy atom. The zero-order valence-electron chi connectivity index (χ0n) is 16.3. The summed E-state index contributed by atoms with van der Waals surface area (Å²) in [4.78, 5) is 15.3. The van der Waals surface area contributed by atoms with E-state index >= 15 is 0 Å². The van der Waals surface area contributed by atoms with Gasteiger partial charge in [0.1, 0.15) is 11.6 Å². The predicted molar refractivity (Wildman–Crippen MR) is 115 cm³/mol. The molecule has 2 heterocycles. The molecule has 3 aromatic rings. The highest BCUT2D eigenvalue weighted by Gasteiger charge is 2.29.